The zero-order valence-electron chi connectivity index (χ0n) is 14.1. The van der Waals surface area contributed by atoms with E-state index in [1.165, 1.54) is 0 Å². The zero-order valence-corrected chi connectivity index (χ0v) is 14.1. The highest BCUT2D eigenvalue weighted by Gasteiger charge is 2.35. The maximum atomic E-state index is 12.0. The molecule has 0 aliphatic heterocycles. The minimum absolute atomic E-state index is 0.173. The van der Waals surface area contributed by atoms with Gasteiger partial charge < -0.3 is 10.1 Å². The topological polar surface area (TPSA) is 125 Å². The van der Waals surface area contributed by atoms with E-state index in [4.69, 9.17) is 4.74 Å². The fourth-order valence-corrected chi connectivity index (χ4v) is 3.19. The molecule has 0 bridgehead atoms. The lowest BCUT2D eigenvalue weighted by Crippen LogP contribution is -2.46. The molecule has 2 aromatic rings. The minimum atomic E-state index is -0.847. The number of rotatable bonds is 5. The number of amides is 1. The number of H-pyrrole nitrogens is 1. The second kappa shape index (κ2) is 7.35. The smallest absolute Gasteiger partial charge is 0.312 e. The number of ether oxygens (including phenoxy) is 1. The Morgan fingerprint density at radius 1 is 1.27 bits per heavy atom. The summed E-state index contributed by atoms with van der Waals surface area (Å²) in [6.07, 6.45) is 2.82. The molecular formula is C18H18N4O4. The van der Waals surface area contributed by atoms with Gasteiger partial charge in [0.25, 0.3) is 11.5 Å². The Morgan fingerprint density at radius 3 is 2.65 bits per heavy atom. The van der Waals surface area contributed by atoms with Crippen molar-refractivity contribution in [3.05, 3.63) is 40.3 Å². The van der Waals surface area contributed by atoms with Gasteiger partial charge >= 0.3 is 5.97 Å². The first-order chi connectivity index (χ1) is 12.5. The van der Waals surface area contributed by atoms with Crippen molar-refractivity contribution in [3.8, 4) is 6.07 Å². The first-order valence-electron chi connectivity index (χ1n) is 8.37. The van der Waals surface area contributed by atoms with Gasteiger partial charge in [0, 0.05) is 5.39 Å². The lowest BCUT2D eigenvalue weighted by atomic mass is 10.00. The van der Waals surface area contributed by atoms with Crippen LogP contribution in [0.2, 0.25) is 0 Å². The third-order valence-electron chi connectivity index (χ3n) is 4.50. The molecule has 1 heterocycles. The van der Waals surface area contributed by atoms with E-state index in [9.17, 15) is 19.6 Å². The van der Waals surface area contributed by atoms with Gasteiger partial charge in [-0.25, -0.2) is 5.10 Å². The summed E-state index contributed by atoms with van der Waals surface area (Å²) in [5, 5.41) is 19.1. The number of nitriles is 1. The number of carbonyl (C=O) groups is 2. The summed E-state index contributed by atoms with van der Waals surface area (Å²) in [7, 11) is 0. The highest BCUT2D eigenvalue weighted by atomic mass is 16.5. The fourth-order valence-electron chi connectivity index (χ4n) is 3.19. The van der Waals surface area contributed by atoms with Gasteiger partial charge in [-0.1, -0.05) is 18.2 Å². The number of carbonyl (C=O) groups excluding carboxylic acids is 2. The Morgan fingerprint density at radius 2 is 1.96 bits per heavy atom. The third-order valence-corrected chi connectivity index (χ3v) is 4.50. The molecule has 1 aromatic carbocycles. The molecule has 1 saturated carbocycles. The molecule has 8 heteroatoms. The molecule has 0 unspecified atom stereocenters. The van der Waals surface area contributed by atoms with Crippen LogP contribution in [0.15, 0.2) is 29.1 Å². The van der Waals surface area contributed by atoms with Gasteiger partial charge in [-0.2, -0.15) is 10.4 Å². The lowest BCUT2D eigenvalue weighted by molar-refractivity contribution is -0.148. The summed E-state index contributed by atoms with van der Waals surface area (Å²) in [5.74, 6) is -1.14. The number of aromatic nitrogens is 2. The molecule has 1 aliphatic rings. The van der Waals surface area contributed by atoms with E-state index in [1.54, 1.807) is 24.3 Å². The van der Waals surface area contributed by atoms with Gasteiger partial charge in [0.2, 0.25) is 0 Å². The van der Waals surface area contributed by atoms with Crippen LogP contribution in [0.1, 0.15) is 31.4 Å². The second-order valence-electron chi connectivity index (χ2n) is 6.33. The van der Waals surface area contributed by atoms with E-state index < -0.39 is 24.0 Å². The largest absolute Gasteiger partial charge is 0.455 e. The van der Waals surface area contributed by atoms with E-state index in [2.05, 4.69) is 21.6 Å². The Bertz CT molecular complexity index is 938. The Hall–Kier alpha value is -3.21. The Labute approximate surface area is 149 Å². The first-order valence-corrected chi connectivity index (χ1v) is 8.37. The van der Waals surface area contributed by atoms with Gasteiger partial charge in [-0.3, -0.25) is 14.4 Å². The zero-order chi connectivity index (χ0) is 18.6. The molecule has 0 spiro atoms. The number of nitrogens with zero attached hydrogens (tertiary/aromatic N) is 2. The average molecular weight is 354 g/mol. The molecule has 0 atom stereocenters. The molecule has 26 heavy (non-hydrogen) atoms. The monoisotopic (exact) mass is 354 g/mol. The van der Waals surface area contributed by atoms with Crippen molar-refractivity contribution < 1.29 is 14.3 Å². The molecule has 1 aliphatic carbocycles. The molecular weight excluding hydrogens is 336 g/mol. The van der Waals surface area contributed by atoms with Gasteiger partial charge in [-0.05, 0) is 31.7 Å². The first kappa shape index (κ1) is 17.6. The summed E-state index contributed by atoms with van der Waals surface area (Å²) in [6.45, 7) is -0.455. The predicted molar refractivity (Wildman–Crippen MR) is 92.0 cm³/mol. The minimum Gasteiger partial charge on any atom is -0.455 e. The average Bonchev–Trinajstić information content (AvgIpc) is 3.11. The van der Waals surface area contributed by atoms with Crippen molar-refractivity contribution in [1.29, 1.82) is 5.26 Å². The van der Waals surface area contributed by atoms with Crippen LogP contribution in [0.4, 0.5) is 0 Å². The number of fused-ring (bicyclic) bond motifs is 1. The second-order valence-corrected chi connectivity index (χ2v) is 6.33. The van der Waals surface area contributed by atoms with Crippen LogP contribution in [0, 0.1) is 11.3 Å². The van der Waals surface area contributed by atoms with Gasteiger partial charge in [-0.15, -0.1) is 0 Å². The Balaban J connectivity index is 1.60. The van der Waals surface area contributed by atoms with Crippen LogP contribution < -0.4 is 10.9 Å². The van der Waals surface area contributed by atoms with Crippen LogP contribution in [0.3, 0.4) is 0 Å². The van der Waals surface area contributed by atoms with Crippen molar-refractivity contribution in [2.45, 2.75) is 37.6 Å². The molecule has 2 N–H and O–H groups in total. The fraction of sp³-hybridized carbons (Fsp3) is 0.389. The van der Waals surface area contributed by atoms with E-state index in [0.29, 0.717) is 29.3 Å². The SMILES string of the molecule is N#CC1(NC(=O)COC(=O)Cc2n[nH]c(=O)c3ccccc23)CCCC1. The summed E-state index contributed by atoms with van der Waals surface area (Å²) in [6, 6.07) is 8.95. The van der Waals surface area contributed by atoms with Crippen molar-refractivity contribution in [2.24, 2.45) is 0 Å². The number of hydrogen-bond donors (Lipinski definition) is 2. The maximum absolute atomic E-state index is 12.0. The summed E-state index contributed by atoms with van der Waals surface area (Å²) in [4.78, 5) is 35.7. The quantitative estimate of drug-likeness (QED) is 0.771. The molecule has 1 amide bonds. The number of benzene rings is 1. The normalized spacial score (nSPS) is 15.3. The van der Waals surface area contributed by atoms with E-state index >= 15 is 0 Å². The number of hydrogen-bond acceptors (Lipinski definition) is 6. The third kappa shape index (κ3) is 3.72. The molecule has 134 valence electrons. The van der Waals surface area contributed by atoms with Crippen LogP contribution in [-0.2, 0) is 20.7 Å². The highest BCUT2D eigenvalue weighted by Crippen LogP contribution is 2.28. The van der Waals surface area contributed by atoms with Crippen LogP contribution >= 0.6 is 0 Å². The van der Waals surface area contributed by atoms with Crippen molar-refractivity contribution in [3.63, 3.8) is 0 Å². The van der Waals surface area contributed by atoms with Crippen molar-refractivity contribution in [1.82, 2.24) is 15.5 Å². The molecule has 0 radical (unpaired) electrons. The van der Waals surface area contributed by atoms with Crippen molar-refractivity contribution in [2.75, 3.05) is 6.61 Å². The lowest BCUT2D eigenvalue weighted by Gasteiger charge is -2.21. The van der Waals surface area contributed by atoms with Crippen molar-refractivity contribution >= 4 is 22.6 Å². The van der Waals surface area contributed by atoms with Crippen LogP contribution in [0.5, 0.6) is 0 Å². The van der Waals surface area contributed by atoms with Crippen LogP contribution in [-0.4, -0.2) is 34.2 Å². The van der Waals surface area contributed by atoms with E-state index in [-0.39, 0.29) is 12.0 Å². The van der Waals surface area contributed by atoms with E-state index in [0.717, 1.165) is 12.8 Å². The maximum Gasteiger partial charge on any atom is 0.312 e. The van der Waals surface area contributed by atoms with E-state index in [1.807, 2.05) is 0 Å². The molecule has 0 saturated heterocycles. The Kier molecular flexibility index (Phi) is 4.98. The van der Waals surface area contributed by atoms with Gasteiger partial charge in [0.1, 0.15) is 5.54 Å². The number of aromatic amines is 1. The molecule has 1 fully saturated rings. The highest BCUT2D eigenvalue weighted by molar-refractivity contribution is 5.87. The van der Waals surface area contributed by atoms with Gasteiger partial charge in [0.15, 0.2) is 6.61 Å². The standard InChI is InChI=1S/C18H18N4O4/c19-11-18(7-3-4-8-18)20-15(23)10-26-16(24)9-14-12-5-1-2-6-13(12)17(25)22-21-14/h1-2,5-6H,3-4,7-10H2,(H,20,23)(H,22,25). The molecule has 3 rings (SSSR count). The summed E-state index contributed by atoms with van der Waals surface area (Å²) in [5.41, 5.74) is -0.814. The summed E-state index contributed by atoms with van der Waals surface area (Å²) < 4.78 is 4.99. The number of nitrogens with one attached hydrogen (secondary N) is 2. The predicted octanol–water partition coefficient (Wildman–Crippen LogP) is 0.961. The molecule has 8 nitrogen and oxygen atoms in total. The number of esters is 1. The molecule has 1 aromatic heterocycles. The van der Waals surface area contributed by atoms with Gasteiger partial charge in [0.05, 0.1) is 23.6 Å². The summed E-state index contributed by atoms with van der Waals surface area (Å²) >= 11 is 0. The van der Waals surface area contributed by atoms with Crippen LogP contribution in [0.25, 0.3) is 10.8 Å².